The first-order valence-electron chi connectivity index (χ1n) is 6.89. The van der Waals surface area contributed by atoms with Crippen molar-refractivity contribution >= 4 is 0 Å². The third-order valence-corrected chi connectivity index (χ3v) is 3.57. The number of hydrogen-bond acceptors (Lipinski definition) is 3. The fourth-order valence-electron chi connectivity index (χ4n) is 2.49. The first-order chi connectivity index (χ1) is 9.42. The van der Waals surface area contributed by atoms with Gasteiger partial charge in [-0.25, -0.2) is 4.98 Å². The molecule has 2 heterocycles. The molecule has 0 saturated carbocycles. The second-order valence-corrected chi connectivity index (χ2v) is 4.98. The van der Waals surface area contributed by atoms with E-state index >= 15 is 0 Å². The van der Waals surface area contributed by atoms with E-state index in [4.69, 9.17) is 0 Å². The summed E-state index contributed by atoms with van der Waals surface area (Å²) in [5.41, 5.74) is 1.32. The lowest BCUT2D eigenvalue weighted by Crippen LogP contribution is -2.43. The summed E-state index contributed by atoms with van der Waals surface area (Å²) in [7, 11) is 0. The number of nitrogens with one attached hydrogen (secondary N) is 1. The topological polar surface area (TPSA) is 33.1 Å². The van der Waals surface area contributed by atoms with Crippen LogP contribution in [0.4, 0.5) is 0 Å². The molecule has 2 aromatic rings. The summed E-state index contributed by atoms with van der Waals surface area (Å²) in [4.78, 5) is 6.97. The van der Waals surface area contributed by atoms with E-state index in [9.17, 15) is 0 Å². The normalized spacial score (nSPS) is 16.6. The summed E-state index contributed by atoms with van der Waals surface area (Å²) in [6.07, 6.45) is 3.98. The second-order valence-electron chi connectivity index (χ2n) is 4.98. The molecule has 1 fully saturated rings. The predicted octanol–water partition coefficient (Wildman–Crippen LogP) is 1.34. The van der Waals surface area contributed by atoms with Crippen LogP contribution in [0.15, 0.2) is 42.7 Å². The Kier molecular flexibility index (Phi) is 3.91. The first kappa shape index (κ1) is 12.4. The largest absolute Gasteiger partial charge is 0.329 e. The van der Waals surface area contributed by atoms with E-state index in [-0.39, 0.29) is 0 Å². The number of hydrogen-bond donors (Lipinski definition) is 1. The van der Waals surface area contributed by atoms with Crippen molar-refractivity contribution in [3.05, 3.63) is 54.1 Å². The minimum Gasteiger partial charge on any atom is -0.329 e. The van der Waals surface area contributed by atoms with Crippen LogP contribution in [0.5, 0.6) is 0 Å². The summed E-state index contributed by atoms with van der Waals surface area (Å²) in [6, 6.07) is 10.5. The predicted molar refractivity (Wildman–Crippen MR) is 75.9 cm³/mol. The molecule has 0 amide bonds. The van der Waals surface area contributed by atoms with Gasteiger partial charge in [0.2, 0.25) is 0 Å². The molecule has 3 rings (SSSR count). The monoisotopic (exact) mass is 256 g/mol. The summed E-state index contributed by atoms with van der Waals surface area (Å²) >= 11 is 0. The van der Waals surface area contributed by atoms with E-state index in [2.05, 4.69) is 56.3 Å². The highest BCUT2D eigenvalue weighted by molar-refractivity contribution is 5.15. The highest BCUT2D eigenvalue weighted by atomic mass is 15.2. The van der Waals surface area contributed by atoms with Gasteiger partial charge in [0.15, 0.2) is 0 Å². The van der Waals surface area contributed by atoms with Gasteiger partial charge in [0, 0.05) is 45.1 Å². The molecule has 1 aliphatic rings. The third-order valence-electron chi connectivity index (χ3n) is 3.57. The average Bonchev–Trinajstić information content (AvgIpc) is 2.88. The van der Waals surface area contributed by atoms with E-state index < -0.39 is 0 Å². The van der Waals surface area contributed by atoms with E-state index in [1.165, 1.54) is 5.56 Å². The van der Waals surface area contributed by atoms with Gasteiger partial charge >= 0.3 is 0 Å². The zero-order valence-electron chi connectivity index (χ0n) is 11.1. The summed E-state index contributed by atoms with van der Waals surface area (Å²) in [5, 5.41) is 3.38. The zero-order valence-corrected chi connectivity index (χ0v) is 11.1. The van der Waals surface area contributed by atoms with Crippen LogP contribution in [0.3, 0.4) is 0 Å². The van der Waals surface area contributed by atoms with Gasteiger partial charge in [-0.05, 0) is 5.56 Å². The van der Waals surface area contributed by atoms with Crippen LogP contribution in [0.25, 0.3) is 0 Å². The summed E-state index contributed by atoms with van der Waals surface area (Å²) < 4.78 is 2.25. The van der Waals surface area contributed by atoms with E-state index in [0.29, 0.717) is 0 Å². The Balaban J connectivity index is 1.68. The van der Waals surface area contributed by atoms with E-state index in [1.54, 1.807) is 0 Å². The molecule has 0 spiro atoms. The highest BCUT2D eigenvalue weighted by Crippen LogP contribution is 2.08. The van der Waals surface area contributed by atoms with Crippen LogP contribution < -0.4 is 5.32 Å². The SMILES string of the molecule is c1ccc(Cn2ccnc2CN2CCNCC2)cc1. The van der Waals surface area contributed by atoms with Gasteiger partial charge in [0.25, 0.3) is 0 Å². The summed E-state index contributed by atoms with van der Waals surface area (Å²) in [6.45, 7) is 6.24. The van der Waals surface area contributed by atoms with Gasteiger partial charge in [0.05, 0.1) is 6.54 Å². The lowest BCUT2D eigenvalue weighted by atomic mass is 10.2. The van der Waals surface area contributed by atoms with Gasteiger partial charge in [-0.15, -0.1) is 0 Å². The van der Waals surface area contributed by atoms with Crippen molar-refractivity contribution in [2.24, 2.45) is 0 Å². The molecule has 100 valence electrons. The van der Waals surface area contributed by atoms with Crippen LogP contribution in [0.2, 0.25) is 0 Å². The average molecular weight is 256 g/mol. The number of imidazole rings is 1. The standard InChI is InChI=1S/C15H20N4/c1-2-4-14(5-3-1)12-19-11-8-17-15(19)13-18-9-6-16-7-10-18/h1-5,8,11,16H,6-7,9-10,12-13H2. The van der Waals surface area contributed by atoms with Crippen molar-refractivity contribution < 1.29 is 0 Å². The smallest absolute Gasteiger partial charge is 0.123 e. The van der Waals surface area contributed by atoms with Gasteiger partial charge in [-0.1, -0.05) is 30.3 Å². The zero-order chi connectivity index (χ0) is 12.9. The quantitative estimate of drug-likeness (QED) is 0.896. The number of rotatable bonds is 4. The Bertz CT molecular complexity index is 500. The molecule has 1 aromatic carbocycles. The van der Waals surface area contributed by atoms with E-state index in [1.807, 2.05) is 6.20 Å². The fourth-order valence-corrected chi connectivity index (χ4v) is 2.49. The molecule has 0 unspecified atom stereocenters. The number of piperazine rings is 1. The molecule has 1 N–H and O–H groups in total. The molecule has 0 atom stereocenters. The van der Waals surface area contributed by atoms with Crippen LogP contribution >= 0.6 is 0 Å². The first-order valence-corrected chi connectivity index (χ1v) is 6.89. The number of aromatic nitrogens is 2. The van der Waals surface area contributed by atoms with Crippen molar-refractivity contribution in [3.8, 4) is 0 Å². The Morgan fingerprint density at radius 2 is 1.84 bits per heavy atom. The van der Waals surface area contributed by atoms with Crippen molar-refractivity contribution in [1.29, 1.82) is 0 Å². The molecular formula is C15H20N4. The maximum Gasteiger partial charge on any atom is 0.123 e. The molecule has 0 aliphatic carbocycles. The molecule has 0 radical (unpaired) electrons. The van der Waals surface area contributed by atoms with Gasteiger partial charge in [-0.3, -0.25) is 4.90 Å². The maximum absolute atomic E-state index is 4.51. The molecule has 19 heavy (non-hydrogen) atoms. The molecule has 0 bridgehead atoms. The minimum absolute atomic E-state index is 0.905. The Labute approximate surface area is 114 Å². The Morgan fingerprint density at radius 1 is 1.05 bits per heavy atom. The molecule has 1 aliphatic heterocycles. The second kappa shape index (κ2) is 5.99. The van der Waals surface area contributed by atoms with Crippen LogP contribution in [0, 0.1) is 0 Å². The maximum atomic E-state index is 4.51. The van der Waals surface area contributed by atoms with Crippen LogP contribution in [0.1, 0.15) is 11.4 Å². The highest BCUT2D eigenvalue weighted by Gasteiger charge is 2.12. The van der Waals surface area contributed by atoms with Crippen LogP contribution in [-0.2, 0) is 13.1 Å². The lowest BCUT2D eigenvalue weighted by Gasteiger charge is -2.27. The molecule has 4 heteroatoms. The van der Waals surface area contributed by atoms with Crippen molar-refractivity contribution in [1.82, 2.24) is 19.8 Å². The summed E-state index contributed by atoms with van der Waals surface area (Å²) in [5.74, 6) is 1.16. The van der Waals surface area contributed by atoms with Crippen molar-refractivity contribution in [2.75, 3.05) is 26.2 Å². The van der Waals surface area contributed by atoms with Crippen molar-refractivity contribution in [2.45, 2.75) is 13.1 Å². The van der Waals surface area contributed by atoms with E-state index in [0.717, 1.165) is 45.1 Å². The number of nitrogens with zero attached hydrogens (tertiary/aromatic N) is 3. The van der Waals surface area contributed by atoms with Crippen LogP contribution in [-0.4, -0.2) is 40.6 Å². The molecule has 4 nitrogen and oxygen atoms in total. The lowest BCUT2D eigenvalue weighted by molar-refractivity contribution is 0.225. The Morgan fingerprint density at radius 3 is 2.63 bits per heavy atom. The van der Waals surface area contributed by atoms with Gasteiger partial charge in [0.1, 0.15) is 5.82 Å². The molecular weight excluding hydrogens is 236 g/mol. The van der Waals surface area contributed by atoms with Gasteiger partial charge < -0.3 is 9.88 Å². The third kappa shape index (κ3) is 3.22. The molecule has 1 saturated heterocycles. The fraction of sp³-hybridized carbons (Fsp3) is 0.400. The van der Waals surface area contributed by atoms with Gasteiger partial charge in [-0.2, -0.15) is 0 Å². The minimum atomic E-state index is 0.905. The molecule has 1 aromatic heterocycles. The Hall–Kier alpha value is -1.65. The van der Waals surface area contributed by atoms with Crippen molar-refractivity contribution in [3.63, 3.8) is 0 Å². The number of benzene rings is 1.